The summed E-state index contributed by atoms with van der Waals surface area (Å²) < 4.78 is 7.80. The van der Waals surface area contributed by atoms with E-state index in [4.69, 9.17) is 4.42 Å². The Hall–Kier alpha value is -3.83. The van der Waals surface area contributed by atoms with Crippen LogP contribution >= 0.6 is 0 Å². The molecule has 0 spiro atoms. The van der Waals surface area contributed by atoms with Gasteiger partial charge in [0.1, 0.15) is 5.58 Å². The van der Waals surface area contributed by atoms with E-state index < -0.39 is 13.3 Å². The maximum atomic E-state index is 6.35. The number of furan rings is 1. The summed E-state index contributed by atoms with van der Waals surface area (Å²) in [7, 11) is 0. The summed E-state index contributed by atoms with van der Waals surface area (Å²) in [5.74, 6) is 7.60. The van der Waals surface area contributed by atoms with E-state index in [0.717, 1.165) is 55.6 Å². The van der Waals surface area contributed by atoms with E-state index in [9.17, 15) is 0 Å². The van der Waals surface area contributed by atoms with E-state index in [1.54, 1.807) is 0 Å². The first-order chi connectivity index (χ1) is 21.7. The molecule has 3 heterocycles. The fraction of sp³-hybridized carbons (Fsp3) is 0.171. The molecule has 46 heavy (non-hydrogen) atoms. The summed E-state index contributed by atoms with van der Waals surface area (Å²) in [6.45, 7) is 6.54. The Bertz CT molecular complexity index is 2060. The smallest absolute Gasteiger partial charge is 0 e. The van der Waals surface area contributed by atoms with Crippen molar-refractivity contribution in [2.45, 2.75) is 44.0 Å². The molecule has 5 heteroatoms. The average Bonchev–Trinajstić information content (AvgIpc) is 3.44. The Kier molecular flexibility index (Phi) is 10.4. The van der Waals surface area contributed by atoms with Gasteiger partial charge in [-0.15, -0.1) is 17.7 Å². The van der Waals surface area contributed by atoms with Crippen LogP contribution in [0.4, 0.5) is 0 Å². The SMILES string of the molecule is Cc1cnc(-c2[c-]cc3c(c2)oc2c(-c4ccccc4)cccc23)cc1C(C)C.[CH3][Ge]([CH3])([CH3])[c]1ccc(-c2[c-]cccc2)nc1.[Ir]. The van der Waals surface area contributed by atoms with E-state index in [1.165, 1.54) is 15.5 Å². The predicted molar refractivity (Wildman–Crippen MR) is 192 cm³/mol. The molecule has 1 radical (unpaired) electrons. The molecule has 0 bridgehead atoms. The molecule has 3 aromatic heterocycles. The molecule has 7 aromatic rings. The first-order valence-electron chi connectivity index (χ1n) is 15.5. The number of para-hydroxylation sites is 1. The molecule has 0 aliphatic rings. The summed E-state index contributed by atoms with van der Waals surface area (Å²) in [5.41, 5.74) is 10.6. The van der Waals surface area contributed by atoms with Crippen LogP contribution in [-0.4, -0.2) is 23.2 Å². The Morgan fingerprint density at radius 1 is 0.717 bits per heavy atom. The number of benzene rings is 4. The molecule has 0 fully saturated rings. The van der Waals surface area contributed by atoms with Crippen molar-refractivity contribution < 1.29 is 24.5 Å². The number of aromatic nitrogens is 2. The fourth-order valence-electron chi connectivity index (χ4n) is 5.59. The topological polar surface area (TPSA) is 38.9 Å². The van der Waals surface area contributed by atoms with Crippen LogP contribution in [0.3, 0.4) is 0 Å². The number of pyridine rings is 2. The van der Waals surface area contributed by atoms with Gasteiger partial charge in [-0.05, 0) is 40.6 Å². The molecule has 0 unspecified atom stereocenters. The van der Waals surface area contributed by atoms with E-state index in [-0.39, 0.29) is 20.1 Å². The van der Waals surface area contributed by atoms with Gasteiger partial charge in [-0.3, -0.25) is 0 Å². The van der Waals surface area contributed by atoms with Crippen molar-refractivity contribution in [3.8, 4) is 33.6 Å². The Morgan fingerprint density at radius 2 is 1.48 bits per heavy atom. The van der Waals surface area contributed by atoms with E-state index in [2.05, 4.69) is 127 Å². The van der Waals surface area contributed by atoms with E-state index >= 15 is 0 Å². The van der Waals surface area contributed by atoms with Gasteiger partial charge in [0.15, 0.2) is 0 Å². The van der Waals surface area contributed by atoms with Gasteiger partial charge in [0, 0.05) is 31.9 Å². The van der Waals surface area contributed by atoms with Crippen LogP contribution < -0.4 is 4.40 Å². The van der Waals surface area contributed by atoms with Crippen LogP contribution in [0.15, 0.2) is 120 Å². The summed E-state index contributed by atoms with van der Waals surface area (Å²) in [5, 5.41) is 2.20. The van der Waals surface area contributed by atoms with Crippen molar-refractivity contribution in [3.63, 3.8) is 0 Å². The number of rotatable bonds is 5. The van der Waals surface area contributed by atoms with Crippen molar-refractivity contribution in [2.24, 2.45) is 0 Å². The Labute approximate surface area is 288 Å². The van der Waals surface area contributed by atoms with Crippen LogP contribution in [0, 0.1) is 19.1 Å². The van der Waals surface area contributed by atoms with Crippen LogP contribution in [0.2, 0.25) is 17.3 Å². The monoisotopic (exact) mass is 841 g/mol. The van der Waals surface area contributed by atoms with Crippen LogP contribution in [0.1, 0.15) is 30.9 Å². The van der Waals surface area contributed by atoms with Crippen LogP contribution in [0.25, 0.3) is 55.6 Å². The zero-order valence-electron chi connectivity index (χ0n) is 27.2. The van der Waals surface area contributed by atoms with Crippen molar-refractivity contribution in [1.82, 2.24) is 9.97 Å². The first kappa shape index (κ1) is 33.5. The zero-order valence-corrected chi connectivity index (χ0v) is 31.7. The molecule has 0 atom stereocenters. The number of aryl methyl sites for hydroxylation is 1. The van der Waals surface area contributed by atoms with E-state index in [1.807, 2.05) is 48.8 Å². The number of fused-ring (bicyclic) bond motifs is 3. The summed E-state index contributed by atoms with van der Waals surface area (Å²) in [6.07, 6.45) is 3.99. The summed E-state index contributed by atoms with van der Waals surface area (Å²) >= 11 is -1.72. The van der Waals surface area contributed by atoms with Crippen LogP contribution in [0.5, 0.6) is 0 Å². The number of hydrogen-bond donors (Lipinski definition) is 0. The summed E-state index contributed by atoms with van der Waals surface area (Å²) in [6, 6.07) is 41.9. The summed E-state index contributed by atoms with van der Waals surface area (Å²) in [4.78, 5) is 9.18. The molecule has 0 aliphatic carbocycles. The molecule has 0 saturated heterocycles. The normalized spacial score (nSPS) is 11.3. The quantitative estimate of drug-likeness (QED) is 0.128. The molecule has 4 aromatic carbocycles. The van der Waals surface area contributed by atoms with Crippen molar-refractivity contribution in [2.75, 3.05) is 0 Å². The molecule has 3 nitrogen and oxygen atoms in total. The number of nitrogens with zero attached hydrogens (tertiary/aromatic N) is 2. The van der Waals surface area contributed by atoms with Gasteiger partial charge in [0.05, 0.1) is 5.58 Å². The second-order valence-corrected chi connectivity index (χ2v) is 23.5. The third-order valence-corrected chi connectivity index (χ3v) is 12.4. The maximum Gasteiger partial charge on any atom is 0 e. The molecule has 0 N–H and O–H groups in total. The standard InChI is InChI=1S/C27H22NO.C14H16GeN.Ir/c1-17(2)24-15-25(28-16-18(24)3)20-12-13-22-23-11-7-10-21(19-8-5-4-6-9-19)27(23)29-26(22)14-20;1-15(2,3)13-9-10-14(16-11-13)12-7-5-4-6-8-12;/h4-11,13-17H,1-3H3;4-7,9-11H,1-3H3;/q2*-1;. The second-order valence-electron chi connectivity index (χ2n) is 12.8. The Balaban J connectivity index is 0.000000209. The fourth-order valence-corrected chi connectivity index (χ4v) is 7.76. The van der Waals surface area contributed by atoms with Gasteiger partial charge < -0.3 is 9.40 Å². The minimum absolute atomic E-state index is 0. The Morgan fingerprint density at radius 3 is 2.15 bits per heavy atom. The van der Waals surface area contributed by atoms with E-state index in [0.29, 0.717) is 5.92 Å². The average molecular weight is 840 g/mol. The molecule has 233 valence electrons. The van der Waals surface area contributed by atoms with Gasteiger partial charge in [0.25, 0.3) is 0 Å². The third-order valence-electron chi connectivity index (χ3n) is 8.17. The number of hydrogen-bond acceptors (Lipinski definition) is 3. The maximum absolute atomic E-state index is 6.35. The molecular weight excluding hydrogens is 801 g/mol. The largest absolute Gasteiger partial charge is 0 e. The molecule has 7 rings (SSSR count). The van der Waals surface area contributed by atoms with Crippen molar-refractivity contribution >= 4 is 39.6 Å². The minimum atomic E-state index is -1.72. The molecule has 0 amide bonds. The molecule has 0 aliphatic heterocycles. The van der Waals surface area contributed by atoms with Gasteiger partial charge in [-0.1, -0.05) is 79.9 Å². The second kappa shape index (κ2) is 14.3. The van der Waals surface area contributed by atoms with Gasteiger partial charge >= 0.3 is 99.8 Å². The third kappa shape index (κ3) is 7.26. The van der Waals surface area contributed by atoms with Crippen molar-refractivity contribution in [1.29, 1.82) is 0 Å². The molecular formula is C41H38GeIrN2O-2. The predicted octanol–water partition coefficient (Wildman–Crippen LogP) is 10.6. The van der Waals surface area contributed by atoms with Crippen LogP contribution in [-0.2, 0) is 20.1 Å². The minimum Gasteiger partial charge on any atom is 0 e. The van der Waals surface area contributed by atoms with Crippen molar-refractivity contribution in [3.05, 3.63) is 139 Å². The van der Waals surface area contributed by atoms with Gasteiger partial charge in [-0.2, -0.15) is 0 Å². The van der Waals surface area contributed by atoms with Gasteiger partial charge in [0.2, 0.25) is 0 Å². The van der Waals surface area contributed by atoms with Gasteiger partial charge in [-0.25, -0.2) is 0 Å². The zero-order chi connectivity index (χ0) is 31.6. The molecule has 0 saturated carbocycles. The first-order valence-corrected chi connectivity index (χ1v) is 22.9.